The number of aryl methyl sites for hydroxylation is 2. The first-order valence-electron chi connectivity index (χ1n) is 10.8. The number of rotatable bonds is 6. The topological polar surface area (TPSA) is 68.1 Å². The van der Waals surface area contributed by atoms with E-state index in [9.17, 15) is 9.59 Å². The van der Waals surface area contributed by atoms with Gasteiger partial charge in [0.2, 0.25) is 0 Å². The molecule has 6 nitrogen and oxygen atoms in total. The van der Waals surface area contributed by atoms with Crippen LogP contribution >= 0.6 is 11.3 Å². The molecule has 1 aliphatic heterocycles. The van der Waals surface area contributed by atoms with Gasteiger partial charge >= 0.3 is 0 Å². The van der Waals surface area contributed by atoms with Gasteiger partial charge in [-0.15, -0.1) is 0 Å². The van der Waals surface area contributed by atoms with Crippen LogP contribution < -0.4 is 10.5 Å². The summed E-state index contributed by atoms with van der Waals surface area (Å²) in [4.78, 5) is 38.0. The van der Waals surface area contributed by atoms with Crippen molar-refractivity contribution in [3.05, 3.63) is 52.1 Å². The average molecular weight is 423 g/mol. The van der Waals surface area contributed by atoms with Gasteiger partial charge in [0.15, 0.2) is 21.3 Å². The van der Waals surface area contributed by atoms with Gasteiger partial charge in [0, 0.05) is 19.0 Å². The number of aromatic nitrogens is 3. The molecule has 0 bridgehead atoms. The van der Waals surface area contributed by atoms with Crippen molar-refractivity contribution < 1.29 is 4.79 Å². The highest BCUT2D eigenvalue weighted by molar-refractivity contribution is 7.21. The summed E-state index contributed by atoms with van der Waals surface area (Å²) >= 11 is 1.43. The van der Waals surface area contributed by atoms with Crippen molar-refractivity contribution in [1.82, 2.24) is 14.5 Å². The normalized spacial score (nSPS) is 19.4. The molecule has 1 aliphatic carbocycles. The van der Waals surface area contributed by atoms with Crippen molar-refractivity contribution in [2.24, 2.45) is 0 Å². The van der Waals surface area contributed by atoms with Gasteiger partial charge < -0.3 is 4.90 Å². The van der Waals surface area contributed by atoms with Crippen LogP contribution in [0.1, 0.15) is 56.0 Å². The Hall–Kier alpha value is -2.54. The molecule has 2 fully saturated rings. The number of carbonyl (C=O) groups excluding carboxylic acids is 1. The monoisotopic (exact) mass is 422 g/mol. The van der Waals surface area contributed by atoms with E-state index in [-0.39, 0.29) is 23.4 Å². The number of nitrogens with zero attached hydrogens (tertiary/aromatic N) is 4. The Morgan fingerprint density at radius 2 is 1.90 bits per heavy atom. The molecule has 1 saturated heterocycles. The molecule has 0 radical (unpaired) electrons. The molecule has 3 heterocycles. The minimum atomic E-state index is -0.132. The van der Waals surface area contributed by atoms with Crippen molar-refractivity contribution in [1.29, 1.82) is 0 Å². The molecule has 7 heteroatoms. The molecule has 2 aromatic heterocycles. The van der Waals surface area contributed by atoms with Crippen LogP contribution in [0.5, 0.6) is 0 Å². The summed E-state index contributed by atoms with van der Waals surface area (Å²) < 4.78 is 1.84. The third-order valence-corrected chi connectivity index (χ3v) is 7.45. The second-order valence-electron chi connectivity index (χ2n) is 8.37. The molecule has 1 saturated carbocycles. The first-order chi connectivity index (χ1) is 14.6. The van der Waals surface area contributed by atoms with Gasteiger partial charge in [-0.25, -0.2) is 9.97 Å². The van der Waals surface area contributed by atoms with E-state index in [1.54, 1.807) is 0 Å². The standard InChI is InChI=1S/C23H26N4O2S/c1-15-24-21-20(22(29)27(15)17-9-5-6-10-17)25-23(30-21)26-14-13-18(26)19(28)12-11-16-7-3-2-4-8-16/h2-4,7-8,17-18H,5-6,9-14H2,1H3/t18-/m1/s1. The van der Waals surface area contributed by atoms with Crippen LogP contribution in [0.15, 0.2) is 35.1 Å². The summed E-state index contributed by atoms with van der Waals surface area (Å²) in [5, 5.41) is 0.752. The maximum atomic E-state index is 13.1. The van der Waals surface area contributed by atoms with Gasteiger partial charge in [-0.2, -0.15) is 0 Å². The second-order valence-corrected chi connectivity index (χ2v) is 9.33. The Bertz CT molecular complexity index is 1130. The maximum absolute atomic E-state index is 13.1. The van der Waals surface area contributed by atoms with Crippen LogP contribution in [-0.2, 0) is 11.2 Å². The Morgan fingerprint density at radius 1 is 1.13 bits per heavy atom. The molecular weight excluding hydrogens is 396 g/mol. The number of anilines is 1. The number of carbonyl (C=O) groups is 1. The number of hydrogen-bond donors (Lipinski definition) is 0. The number of hydrogen-bond acceptors (Lipinski definition) is 6. The predicted molar refractivity (Wildman–Crippen MR) is 119 cm³/mol. The lowest BCUT2D eigenvalue weighted by atomic mass is 9.95. The number of thiazole rings is 1. The summed E-state index contributed by atoms with van der Waals surface area (Å²) in [7, 11) is 0. The zero-order chi connectivity index (χ0) is 20.7. The molecular formula is C23H26N4O2S. The fourth-order valence-electron chi connectivity index (χ4n) is 4.72. The van der Waals surface area contributed by atoms with Crippen LogP contribution in [0, 0.1) is 6.92 Å². The SMILES string of the molecule is Cc1nc2sc(N3CC[C@@H]3C(=O)CCc3ccccc3)nc2c(=O)n1C1CCCC1. The van der Waals surface area contributed by atoms with Crippen LogP contribution in [0.3, 0.4) is 0 Å². The van der Waals surface area contributed by atoms with E-state index >= 15 is 0 Å². The third-order valence-electron chi connectivity index (χ3n) is 6.46. The Morgan fingerprint density at radius 3 is 2.60 bits per heavy atom. The van der Waals surface area contributed by atoms with E-state index in [2.05, 4.69) is 17.1 Å². The Labute approximate surface area is 179 Å². The fourth-order valence-corrected chi connectivity index (χ4v) is 5.78. The molecule has 156 valence electrons. The molecule has 0 unspecified atom stereocenters. The van der Waals surface area contributed by atoms with E-state index in [0.717, 1.165) is 56.0 Å². The van der Waals surface area contributed by atoms with Crippen LogP contribution in [0.4, 0.5) is 5.13 Å². The molecule has 0 N–H and O–H groups in total. The lowest BCUT2D eigenvalue weighted by molar-refractivity contribution is -0.121. The van der Waals surface area contributed by atoms with E-state index in [0.29, 0.717) is 16.8 Å². The largest absolute Gasteiger partial charge is 0.338 e. The number of fused-ring (bicyclic) bond motifs is 1. The van der Waals surface area contributed by atoms with Crippen molar-refractivity contribution in [2.75, 3.05) is 11.4 Å². The van der Waals surface area contributed by atoms with Crippen molar-refractivity contribution in [2.45, 2.75) is 64.0 Å². The first kappa shape index (κ1) is 19.4. The first-order valence-corrected chi connectivity index (χ1v) is 11.7. The Kier molecular flexibility index (Phi) is 5.15. The van der Waals surface area contributed by atoms with E-state index < -0.39 is 0 Å². The van der Waals surface area contributed by atoms with Gasteiger partial charge in [-0.1, -0.05) is 54.5 Å². The smallest absolute Gasteiger partial charge is 0.281 e. The quantitative estimate of drug-likeness (QED) is 0.599. The molecule has 3 aromatic rings. The average Bonchev–Trinajstić information content (AvgIpc) is 3.37. The highest BCUT2D eigenvalue weighted by Crippen LogP contribution is 2.34. The molecule has 1 aromatic carbocycles. The number of ketones is 1. The maximum Gasteiger partial charge on any atom is 0.281 e. The van der Waals surface area contributed by atoms with E-state index in [4.69, 9.17) is 4.98 Å². The zero-order valence-corrected chi connectivity index (χ0v) is 18.0. The van der Waals surface area contributed by atoms with Crippen molar-refractivity contribution in [3.63, 3.8) is 0 Å². The number of Topliss-reactive ketones (excluding diaryl/α,β-unsaturated/α-hetero) is 1. The second kappa shape index (κ2) is 7.95. The summed E-state index contributed by atoms with van der Waals surface area (Å²) in [6.07, 6.45) is 6.54. The summed E-state index contributed by atoms with van der Waals surface area (Å²) in [6, 6.07) is 10.2. The number of benzene rings is 1. The minimum absolute atomic E-state index is 0.0284. The van der Waals surface area contributed by atoms with Gasteiger partial charge in [-0.3, -0.25) is 14.2 Å². The van der Waals surface area contributed by atoms with E-state index in [1.807, 2.05) is 34.6 Å². The molecule has 30 heavy (non-hydrogen) atoms. The summed E-state index contributed by atoms with van der Waals surface area (Å²) in [5.74, 6) is 1.02. The highest BCUT2D eigenvalue weighted by atomic mass is 32.1. The van der Waals surface area contributed by atoms with Gasteiger partial charge in [0.1, 0.15) is 5.82 Å². The minimum Gasteiger partial charge on any atom is -0.338 e. The third kappa shape index (κ3) is 3.45. The molecule has 5 rings (SSSR count). The molecule has 1 atom stereocenters. The molecule has 2 aliphatic rings. The molecule has 0 amide bonds. The van der Waals surface area contributed by atoms with Crippen molar-refractivity contribution in [3.8, 4) is 0 Å². The van der Waals surface area contributed by atoms with Crippen LogP contribution in [0.25, 0.3) is 10.3 Å². The zero-order valence-electron chi connectivity index (χ0n) is 17.2. The van der Waals surface area contributed by atoms with Crippen LogP contribution in [-0.4, -0.2) is 32.9 Å². The van der Waals surface area contributed by atoms with E-state index in [1.165, 1.54) is 16.9 Å². The summed E-state index contributed by atoms with van der Waals surface area (Å²) in [6.45, 7) is 2.72. The summed E-state index contributed by atoms with van der Waals surface area (Å²) in [5.41, 5.74) is 1.61. The predicted octanol–water partition coefficient (Wildman–Crippen LogP) is 4.06. The molecule has 0 spiro atoms. The van der Waals surface area contributed by atoms with Gasteiger partial charge in [0.05, 0.1) is 6.04 Å². The lowest BCUT2D eigenvalue weighted by Gasteiger charge is -2.39. The Balaban J connectivity index is 1.36. The van der Waals surface area contributed by atoms with Gasteiger partial charge in [0.25, 0.3) is 5.56 Å². The van der Waals surface area contributed by atoms with Crippen molar-refractivity contribution >= 4 is 32.6 Å². The fraction of sp³-hybridized carbons (Fsp3) is 0.478. The lowest BCUT2D eigenvalue weighted by Crippen LogP contribution is -2.52. The van der Waals surface area contributed by atoms with Gasteiger partial charge in [-0.05, 0) is 38.2 Å². The van der Waals surface area contributed by atoms with Crippen LogP contribution in [0.2, 0.25) is 0 Å². The highest BCUT2D eigenvalue weighted by Gasteiger charge is 2.36.